The fraction of sp³-hybridized carbons (Fsp3) is 0.854. The van der Waals surface area contributed by atoms with Gasteiger partial charge in [0.1, 0.15) is 5.41 Å². The van der Waals surface area contributed by atoms with E-state index in [0.29, 0.717) is 37.5 Å². The van der Waals surface area contributed by atoms with Gasteiger partial charge in [0.2, 0.25) is 12.4 Å². The Hall–Kier alpha value is -2.50. The highest BCUT2D eigenvalue weighted by Gasteiger charge is 2.71. The number of esters is 4. The summed E-state index contributed by atoms with van der Waals surface area (Å²) >= 11 is 0. The Kier molecular flexibility index (Phi) is 9.85. The van der Waals surface area contributed by atoms with E-state index >= 15 is 0 Å². The molecule has 0 spiro atoms. The van der Waals surface area contributed by atoms with Gasteiger partial charge < -0.3 is 33.9 Å². The zero-order chi connectivity index (χ0) is 38.4. The number of aliphatic hydroxyl groups is 2. The first kappa shape index (κ1) is 39.2. The summed E-state index contributed by atoms with van der Waals surface area (Å²) in [5, 5.41) is 23.7. The summed E-state index contributed by atoms with van der Waals surface area (Å²) in [4.78, 5) is 51.3. The molecule has 1 saturated heterocycles. The van der Waals surface area contributed by atoms with Gasteiger partial charge in [0, 0.05) is 20.8 Å². The fourth-order valence-electron chi connectivity index (χ4n) is 12.7. The predicted octanol–water partition coefficient (Wildman–Crippen LogP) is 5.81. The van der Waals surface area contributed by atoms with Crippen molar-refractivity contribution < 1.29 is 53.1 Å². The Bertz CT molecular complexity index is 1500. The van der Waals surface area contributed by atoms with Crippen molar-refractivity contribution in [3.05, 3.63) is 11.6 Å². The van der Waals surface area contributed by atoms with Gasteiger partial charge in [-0.05, 0) is 103 Å². The molecule has 13 atom stereocenters. The van der Waals surface area contributed by atoms with E-state index in [9.17, 15) is 29.4 Å². The maximum absolute atomic E-state index is 14.9. The van der Waals surface area contributed by atoms with E-state index in [1.165, 1.54) is 26.3 Å². The molecule has 0 aromatic heterocycles. The summed E-state index contributed by atoms with van der Waals surface area (Å²) in [7, 11) is 0. The molecule has 0 amide bonds. The minimum atomic E-state index is -1.47. The van der Waals surface area contributed by atoms with Crippen LogP contribution in [0.3, 0.4) is 0 Å². The van der Waals surface area contributed by atoms with Crippen molar-refractivity contribution in [1.82, 2.24) is 0 Å². The highest BCUT2D eigenvalue weighted by atomic mass is 16.7. The zero-order valence-corrected chi connectivity index (χ0v) is 32.9. The average molecular weight is 731 g/mol. The molecule has 6 rings (SSSR count). The van der Waals surface area contributed by atoms with E-state index in [-0.39, 0.29) is 45.7 Å². The SMILES string of the molecule is CC(=O)O[C@@H]1[C@@H](OC(C)=O)COC(OC(=O)[C@]23CCC(C)(C)CC2C2=CCC4[C@@]5(C)CC[C@H](O)C(C)(C)C5CC[C@@]4(C)[C@]2(C)C[C@H]3O)[C@H]1OC(C)=O. The van der Waals surface area contributed by atoms with Crippen LogP contribution >= 0.6 is 0 Å². The molecule has 5 aliphatic carbocycles. The van der Waals surface area contributed by atoms with Crippen LogP contribution in [-0.4, -0.2) is 77.5 Å². The van der Waals surface area contributed by atoms with Gasteiger partial charge in [0.15, 0.2) is 12.2 Å². The van der Waals surface area contributed by atoms with E-state index in [4.69, 9.17) is 23.7 Å². The smallest absolute Gasteiger partial charge is 0.317 e. The van der Waals surface area contributed by atoms with Gasteiger partial charge in [0.05, 0.1) is 18.8 Å². The number of hydrogen-bond acceptors (Lipinski definition) is 11. The van der Waals surface area contributed by atoms with Crippen LogP contribution < -0.4 is 0 Å². The van der Waals surface area contributed by atoms with E-state index in [0.717, 1.165) is 32.1 Å². The first-order chi connectivity index (χ1) is 24.0. The Morgan fingerprint density at radius 1 is 0.731 bits per heavy atom. The summed E-state index contributed by atoms with van der Waals surface area (Å²) in [6.07, 6.45) is 2.57. The topological polar surface area (TPSA) is 155 Å². The number of carbonyl (C=O) groups is 4. The lowest BCUT2D eigenvalue weighted by molar-refractivity contribution is -0.282. The van der Waals surface area contributed by atoms with Crippen LogP contribution in [0.25, 0.3) is 0 Å². The summed E-state index contributed by atoms with van der Waals surface area (Å²) < 4.78 is 28.5. The van der Waals surface area contributed by atoms with Crippen LogP contribution in [0.1, 0.15) is 127 Å². The molecule has 6 aliphatic rings. The molecule has 0 aromatic rings. The van der Waals surface area contributed by atoms with Gasteiger partial charge in [-0.3, -0.25) is 19.2 Å². The monoisotopic (exact) mass is 730 g/mol. The van der Waals surface area contributed by atoms with E-state index in [1.54, 1.807) is 0 Å². The van der Waals surface area contributed by atoms with Gasteiger partial charge >= 0.3 is 23.9 Å². The third-order valence-electron chi connectivity index (χ3n) is 15.6. The lowest BCUT2D eigenvalue weighted by atomic mass is 9.33. The Morgan fingerprint density at radius 2 is 1.37 bits per heavy atom. The second-order valence-corrected chi connectivity index (χ2v) is 19.3. The number of hydrogen-bond donors (Lipinski definition) is 2. The van der Waals surface area contributed by atoms with Crippen LogP contribution in [-0.2, 0) is 42.9 Å². The number of fused-ring (bicyclic) bond motifs is 7. The first-order valence-electron chi connectivity index (χ1n) is 19.4. The van der Waals surface area contributed by atoms with E-state index in [1.807, 2.05) is 0 Å². The first-order valence-corrected chi connectivity index (χ1v) is 19.4. The van der Waals surface area contributed by atoms with E-state index < -0.39 is 60.0 Å². The summed E-state index contributed by atoms with van der Waals surface area (Å²) in [6, 6.07) is 0. The number of rotatable bonds is 5. The number of allylic oxidation sites excluding steroid dienone is 2. The molecule has 4 saturated carbocycles. The van der Waals surface area contributed by atoms with Crippen molar-refractivity contribution in [3.63, 3.8) is 0 Å². The van der Waals surface area contributed by atoms with Crippen LogP contribution in [0.15, 0.2) is 11.6 Å². The Balaban J connectivity index is 1.37. The molecule has 5 fully saturated rings. The standard InChI is InChI=1S/C41H62O11/c1-22(42)49-27-21-48-34(33(51-24(3)44)32(27)50-23(2)43)52-35(47)41-18-17-36(4,5)19-26(41)25-11-12-29-38(8)15-14-30(45)37(6,7)28(38)13-16-39(29,9)40(25,10)20-31(41)46/h11,26-34,45-46H,12-21H2,1-10H3/t26?,27-,28?,29?,30-,31+,32+,33-,34?,38-,39+,40+,41+/m0/s1. The minimum absolute atomic E-state index is 0.0253. The maximum atomic E-state index is 14.9. The molecule has 0 bridgehead atoms. The lowest BCUT2D eigenvalue weighted by Gasteiger charge is -2.71. The number of ether oxygens (including phenoxy) is 5. The zero-order valence-electron chi connectivity index (χ0n) is 32.9. The van der Waals surface area contributed by atoms with Gasteiger partial charge in [0.25, 0.3) is 0 Å². The summed E-state index contributed by atoms with van der Waals surface area (Å²) in [6.45, 7) is 19.4. The third-order valence-corrected chi connectivity index (χ3v) is 15.6. The number of aliphatic hydroxyl groups excluding tert-OH is 2. The summed E-state index contributed by atoms with van der Waals surface area (Å²) in [5.74, 6) is -2.28. The van der Waals surface area contributed by atoms with Crippen molar-refractivity contribution in [3.8, 4) is 0 Å². The molecule has 1 heterocycles. The van der Waals surface area contributed by atoms with Crippen molar-refractivity contribution in [2.24, 2.45) is 50.2 Å². The highest BCUT2D eigenvalue weighted by Crippen LogP contribution is 2.75. The van der Waals surface area contributed by atoms with Crippen molar-refractivity contribution in [2.75, 3.05) is 6.61 Å². The quantitative estimate of drug-likeness (QED) is 0.200. The molecule has 11 nitrogen and oxygen atoms in total. The molecule has 292 valence electrons. The second-order valence-electron chi connectivity index (χ2n) is 19.3. The minimum Gasteiger partial charge on any atom is -0.456 e. The van der Waals surface area contributed by atoms with Crippen molar-refractivity contribution >= 4 is 23.9 Å². The largest absolute Gasteiger partial charge is 0.456 e. The van der Waals surface area contributed by atoms with Crippen molar-refractivity contribution in [2.45, 2.75) is 164 Å². The molecular weight excluding hydrogens is 668 g/mol. The van der Waals surface area contributed by atoms with Gasteiger partial charge in [-0.1, -0.05) is 60.1 Å². The van der Waals surface area contributed by atoms with Crippen LogP contribution in [0, 0.1) is 50.2 Å². The predicted molar refractivity (Wildman–Crippen MR) is 189 cm³/mol. The van der Waals surface area contributed by atoms with Crippen LogP contribution in [0.4, 0.5) is 0 Å². The van der Waals surface area contributed by atoms with Gasteiger partial charge in [-0.2, -0.15) is 0 Å². The molecule has 11 heteroatoms. The third kappa shape index (κ3) is 5.94. The molecule has 2 N–H and O–H groups in total. The van der Waals surface area contributed by atoms with Gasteiger partial charge in [-0.25, -0.2) is 0 Å². The van der Waals surface area contributed by atoms with Crippen LogP contribution in [0.2, 0.25) is 0 Å². The molecular formula is C41H62O11. The van der Waals surface area contributed by atoms with Crippen molar-refractivity contribution in [1.29, 1.82) is 0 Å². The molecule has 1 aliphatic heterocycles. The molecule has 0 radical (unpaired) electrons. The fourth-order valence-corrected chi connectivity index (χ4v) is 12.7. The lowest BCUT2D eigenvalue weighted by Crippen LogP contribution is -2.68. The normalized spacial score (nSPS) is 46.1. The Morgan fingerprint density at radius 3 is 2.00 bits per heavy atom. The second kappa shape index (κ2) is 13.1. The highest BCUT2D eigenvalue weighted by molar-refractivity contribution is 5.80. The van der Waals surface area contributed by atoms with E-state index in [2.05, 4.69) is 54.5 Å². The van der Waals surface area contributed by atoms with Gasteiger partial charge in [-0.15, -0.1) is 0 Å². The summed E-state index contributed by atoms with van der Waals surface area (Å²) in [5.41, 5.74) is -0.840. The number of carbonyl (C=O) groups excluding carboxylic acids is 4. The molecule has 4 unspecified atom stereocenters. The Labute approximate surface area is 308 Å². The average Bonchev–Trinajstić information content (AvgIpc) is 3.01. The maximum Gasteiger partial charge on any atom is 0.317 e. The molecule has 52 heavy (non-hydrogen) atoms. The van der Waals surface area contributed by atoms with Crippen LogP contribution in [0.5, 0.6) is 0 Å². The molecule has 0 aromatic carbocycles.